The van der Waals surface area contributed by atoms with Crippen molar-refractivity contribution in [1.82, 2.24) is 4.90 Å². The molecule has 0 fully saturated rings. The molecule has 0 aliphatic heterocycles. The Labute approximate surface area is 120 Å². The Hall–Kier alpha value is -1.23. The van der Waals surface area contributed by atoms with Crippen LogP contribution in [-0.4, -0.2) is 30.2 Å². The van der Waals surface area contributed by atoms with Crippen LogP contribution in [0.15, 0.2) is 22.7 Å². The predicted molar refractivity (Wildman–Crippen MR) is 75.4 cm³/mol. The maximum absolute atomic E-state index is 13.5. The first kappa shape index (κ1) is 15.8. The minimum Gasteiger partial charge on any atom is -0.345 e. The van der Waals surface area contributed by atoms with Gasteiger partial charge in [-0.05, 0) is 37.1 Å². The fourth-order valence-corrected chi connectivity index (χ4v) is 2.03. The van der Waals surface area contributed by atoms with Crippen molar-refractivity contribution in [3.63, 3.8) is 0 Å². The third-order valence-corrected chi connectivity index (χ3v) is 3.33. The highest BCUT2D eigenvalue weighted by atomic mass is 79.9. The summed E-state index contributed by atoms with van der Waals surface area (Å²) in [5, 5.41) is 0. The zero-order valence-electron chi connectivity index (χ0n) is 11.1. The highest BCUT2D eigenvalue weighted by Crippen LogP contribution is 2.16. The van der Waals surface area contributed by atoms with E-state index in [0.717, 1.165) is 4.47 Å². The molecule has 19 heavy (non-hydrogen) atoms. The molecule has 0 bridgehead atoms. The second-order valence-electron chi connectivity index (χ2n) is 4.50. The van der Waals surface area contributed by atoms with Crippen LogP contribution < -0.4 is 0 Å². The number of ketones is 1. The lowest BCUT2D eigenvalue weighted by Gasteiger charge is -2.17. The number of Topliss-reactive ketones (excluding diaryl/α,β-unsaturated/α-hetero) is 1. The number of likely N-dealkylation sites (N-methyl/N-ethyl adjacent to an activating group) is 1. The van der Waals surface area contributed by atoms with Gasteiger partial charge in [0, 0.05) is 30.9 Å². The maximum Gasteiger partial charge on any atom is 0.222 e. The molecule has 1 amide bonds. The lowest BCUT2D eigenvalue weighted by molar-refractivity contribution is -0.131. The van der Waals surface area contributed by atoms with Crippen molar-refractivity contribution in [3.05, 3.63) is 34.1 Å². The number of rotatable bonds is 6. The first-order valence-electron chi connectivity index (χ1n) is 6.07. The van der Waals surface area contributed by atoms with Crippen molar-refractivity contribution in [1.29, 1.82) is 0 Å². The highest BCUT2D eigenvalue weighted by Gasteiger charge is 2.11. The number of hydrogen-bond donors (Lipinski definition) is 0. The van der Waals surface area contributed by atoms with Gasteiger partial charge in [0.2, 0.25) is 5.91 Å². The molecule has 1 rings (SSSR count). The van der Waals surface area contributed by atoms with Gasteiger partial charge in [-0.3, -0.25) is 4.79 Å². The fraction of sp³-hybridized carbons (Fsp3) is 0.429. The van der Waals surface area contributed by atoms with Crippen LogP contribution in [0.3, 0.4) is 0 Å². The van der Waals surface area contributed by atoms with Crippen LogP contribution in [0, 0.1) is 5.82 Å². The Bertz CT molecular complexity index is 477. The zero-order chi connectivity index (χ0) is 14.4. The van der Waals surface area contributed by atoms with E-state index in [1.807, 2.05) is 0 Å². The molecule has 0 radical (unpaired) electrons. The van der Waals surface area contributed by atoms with Crippen molar-refractivity contribution in [2.24, 2.45) is 0 Å². The average Bonchev–Trinajstić information content (AvgIpc) is 2.36. The predicted octanol–water partition coefficient (Wildman–Crippen LogP) is 2.96. The van der Waals surface area contributed by atoms with Gasteiger partial charge in [0.25, 0.3) is 0 Å². The van der Waals surface area contributed by atoms with Crippen LogP contribution in [0.5, 0.6) is 0 Å². The standard InChI is InChI=1S/C14H17BrFNO2/c1-10(18)3-6-14(19)17(2)8-7-11-9-12(15)4-5-13(11)16/h4-5,9H,3,6-8H2,1-2H3. The summed E-state index contributed by atoms with van der Waals surface area (Å²) < 4.78 is 14.3. The number of carbonyl (C=O) groups is 2. The van der Waals surface area contributed by atoms with Gasteiger partial charge < -0.3 is 9.69 Å². The second kappa shape index (κ2) is 7.38. The lowest BCUT2D eigenvalue weighted by atomic mass is 10.1. The number of amides is 1. The molecule has 0 aliphatic rings. The van der Waals surface area contributed by atoms with E-state index in [0.29, 0.717) is 18.5 Å². The molecule has 0 atom stereocenters. The van der Waals surface area contributed by atoms with Gasteiger partial charge in [0.05, 0.1) is 0 Å². The first-order valence-corrected chi connectivity index (χ1v) is 6.86. The quantitative estimate of drug-likeness (QED) is 0.804. The van der Waals surface area contributed by atoms with Crippen LogP contribution in [-0.2, 0) is 16.0 Å². The lowest BCUT2D eigenvalue weighted by Crippen LogP contribution is -2.29. The minimum atomic E-state index is -0.271. The maximum atomic E-state index is 13.5. The third kappa shape index (κ3) is 5.51. The van der Waals surface area contributed by atoms with Crippen LogP contribution >= 0.6 is 15.9 Å². The van der Waals surface area contributed by atoms with Gasteiger partial charge in [-0.1, -0.05) is 15.9 Å². The molecular formula is C14H17BrFNO2. The molecule has 3 nitrogen and oxygen atoms in total. The van der Waals surface area contributed by atoms with Gasteiger partial charge in [-0.25, -0.2) is 4.39 Å². The van der Waals surface area contributed by atoms with Gasteiger partial charge in [-0.2, -0.15) is 0 Å². The Morgan fingerprint density at radius 3 is 2.63 bits per heavy atom. The molecule has 1 aromatic carbocycles. The van der Waals surface area contributed by atoms with Crippen molar-refractivity contribution in [3.8, 4) is 0 Å². The number of benzene rings is 1. The van der Waals surface area contributed by atoms with E-state index in [1.165, 1.54) is 17.9 Å². The molecule has 0 unspecified atom stereocenters. The van der Waals surface area contributed by atoms with Gasteiger partial charge in [0.1, 0.15) is 11.6 Å². The summed E-state index contributed by atoms with van der Waals surface area (Å²) in [4.78, 5) is 24.0. The Balaban J connectivity index is 2.49. The minimum absolute atomic E-state index is 0.000200. The smallest absolute Gasteiger partial charge is 0.222 e. The van der Waals surface area contributed by atoms with E-state index in [2.05, 4.69) is 15.9 Å². The average molecular weight is 330 g/mol. The molecule has 0 N–H and O–H groups in total. The summed E-state index contributed by atoms with van der Waals surface area (Å²) in [6, 6.07) is 4.75. The zero-order valence-corrected chi connectivity index (χ0v) is 12.7. The molecule has 1 aromatic rings. The topological polar surface area (TPSA) is 37.4 Å². The Morgan fingerprint density at radius 2 is 2.00 bits per heavy atom. The number of hydrogen-bond acceptors (Lipinski definition) is 2. The SMILES string of the molecule is CC(=O)CCC(=O)N(C)CCc1cc(Br)ccc1F. The molecule has 104 valence electrons. The van der Waals surface area contributed by atoms with Gasteiger partial charge >= 0.3 is 0 Å². The van der Waals surface area contributed by atoms with E-state index in [1.54, 1.807) is 19.2 Å². The summed E-state index contributed by atoms with van der Waals surface area (Å²) in [6.45, 7) is 1.90. The molecule has 5 heteroatoms. The fourth-order valence-electron chi connectivity index (χ4n) is 1.62. The van der Waals surface area contributed by atoms with Crippen LogP contribution in [0.25, 0.3) is 0 Å². The van der Waals surface area contributed by atoms with E-state index in [9.17, 15) is 14.0 Å². The second-order valence-corrected chi connectivity index (χ2v) is 5.42. The molecule has 0 aromatic heterocycles. The summed E-state index contributed by atoms with van der Waals surface area (Å²) in [6.07, 6.45) is 0.925. The third-order valence-electron chi connectivity index (χ3n) is 2.84. The molecule has 0 heterocycles. The van der Waals surface area contributed by atoms with E-state index >= 15 is 0 Å². The molecular weight excluding hydrogens is 313 g/mol. The molecule has 0 spiro atoms. The summed E-state index contributed by atoms with van der Waals surface area (Å²) >= 11 is 3.29. The van der Waals surface area contributed by atoms with E-state index in [4.69, 9.17) is 0 Å². The van der Waals surface area contributed by atoms with Crippen LogP contribution in [0.2, 0.25) is 0 Å². The van der Waals surface area contributed by atoms with Gasteiger partial charge in [-0.15, -0.1) is 0 Å². The molecule has 0 saturated heterocycles. The van der Waals surface area contributed by atoms with Crippen molar-refractivity contribution in [2.45, 2.75) is 26.2 Å². The normalized spacial score (nSPS) is 10.3. The van der Waals surface area contributed by atoms with Crippen LogP contribution in [0.4, 0.5) is 4.39 Å². The molecule has 0 aliphatic carbocycles. The van der Waals surface area contributed by atoms with Crippen molar-refractivity contribution >= 4 is 27.6 Å². The number of halogens is 2. The van der Waals surface area contributed by atoms with Crippen molar-refractivity contribution in [2.75, 3.05) is 13.6 Å². The van der Waals surface area contributed by atoms with Crippen molar-refractivity contribution < 1.29 is 14.0 Å². The molecule has 0 saturated carbocycles. The Morgan fingerprint density at radius 1 is 1.32 bits per heavy atom. The number of carbonyl (C=O) groups excluding carboxylic acids is 2. The monoisotopic (exact) mass is 329 g/mol. The van der Waals surface area contributed by atoms with Gasteiger partial charge in [0.15, 0.2) is 0 Å². The summed E-state index contributed by atoms with van der Waals surface area (Å²) in [5.41, 5.74) is 0.570. The summed E-state index contributed by atoms with van der Waals surface area (Å²) in [5.74, 6) is -0.363. The highest BCUT2D eigenvalue weighted by molar-refractivity contribution is 9.10. The van der Waals surface area contributed by atoms with Crippen LogP contribution in [0.1, 0.15) is 25.3 Å². The number of nitrogens with zero attached hydrogens (tertiary/aromatic N) is 1. The summed E-state index contributed by atoms with van der Waals surface area (Å²) in [7, 11) is 1.67. The van der Waals surface area contributed by atoms with E-state index in [-0.39, 0.29) is 30.3 Å². The first-order chi connectivity index (χ1) is 8.90. The van der Waals surface area contributed by atoms with E-state index < -0.39 is 0 Å². The Kier molecular flexibility index (Phi) is 6.15. The largest absolute Gasteiger partial charge is 0.345 e.